The van der Waals surface area contributed by atoms with Crippen molar-refractivity contribution >= 4 is 17.3 Å². The van der Waals surface area contributed by atoms with Gasteiger partial charge in [0.2, 0.25) is 0 Å². The molecule has 19 heavy (non-hydrogen) atoms. The third-order valence-electron chi connectivity index (χ3n) is 4.01. The average molecular weight is 276 g/mol. The Morgan fingerprint density at radius 1 is 1.37 bits per heavy atom. The summed E-state index contributed by atoms with van der Waals surface area (Å²) >= 11 is 6.05. The van der Waals surface area contributed by atoms with Gasteiger partial charge in [-0.2, -0.15) is 5.10 Å². The fourth-order valence-electron chi connectivity index (χ4n) is 2.89. The Balaban J connectivity index is 1.91. The lowest BCUT2D eigenvalue weighted by atomic mass is 10.1. The van der Waals surface area contributed by atoms with Crippen LogP contribution in [0.25, 0.3) is 0 Å². The first-order valence-corrected chi connectivity index (χ1v) is 6.99. The highest BCUT2D eigenvalue weighted by atomic mass is 35.5. The van der Waals surface area contributed by atoms with Crippen LogP contribution in [0.2, 0.25) is 5.02 Å². The van der Waals surface area contributed by atoms with Gasteiger partial charge in [0, 0.05) is 12.1 Å². The topological polar surface area (TPSA) is 29.9 Å². The van der Waals surface area contributed by atoms with Gasteiger partial charge in [0.25, 0.3) is 0 Å². The van der Waals surface area contributed by atoms with Gasteiger partial charge in [-0.3, -0.25) is 4.68 Å². The smallest absolute Gasteiger partial charge is 0.0828 e. The van der Waals surface area contributed by atoms with Gasteiger partial charge in [-0.25, -0.2) is 0 Å². The monoisotopic (exact) mass is 275 g/mol. The molecule has 0 radical (unpaired) electrons. The van der Waals surface area contributed by atoms with Crippen LogP contribution in [0.5, 0.6) is 0 Å². The summed E-state index contributed by atoms with van der Waals surface area (Å²) in [7, 11) is 1.98. The van der Waals surface area contributed by atoms with E-state index >= 15 is 0 Å². The van der Waals surface area contributed by atoms with Gasteiger partial charge in [-0.15, -0.1) is 0 Å². The lowest BCUT2D eigenvalue weighted by molar-refractivity contribution is 0.729. The number of fused-ring (bicyclic) bond motifs is 1. The number of benzene rings is 1. The van der Waals surface area contributed by atoms with Crippen LogP contribution >= 0.6 is 11.6 Å². The SMILES string of the molecule is Cc1nn(C)c(C)c1NC1CCc2cc(Cl)ccc21. The van der Waals surface area contributed by atoms with E-state index in [-0.39, 0.29) is 0 Å². The van der Waals surface area contributed by atoms with E-state index in [0.717, 1.165) is 29.2 Å². The number of hydrogen-bond acceptors (Lipinski definition) is 2. The van der Waals surface area contributed by atoms with E-state index in [0.29, 0.717) is 6.04 Å². The number of anilines is 1. The highest BCUT2D eigenvalue weighted by Gasteiger charge is 2.24. The van der Waals surface area contributed by atoms with Crippen LogP contribution in [0.4, 0.5) is 5.69 Å². The van der Waals surface area contributed by atoms with Crippen molar-refractivity contribution in [3.8, 4) is 0 Å². The summed E-state index contributed by atoms with van der Waals surface area (Å²) in [5.41, 5.74) is 6.13. The van der Waals surface area contributed by atoms with Gasteiger partial charge in [0.05, 0.1) is 23.1 Å². The molecule has 0 bridgehead atoms. The zero-order valence-electron chi connectivity index (χ0n) is 11.5. The standard InChI is InChI=1S/C15H18ClN3/c1-9-15(10(2)19(3)18-9)17-14-7-4-11-8-12(16)5-6-13(11)14/h5-6,8,14,17H,4,7H2,1-3H3. The van der Waals surface area contributed by atoms with Gasteiger partial charge >= 0.3 is 0 Å². The van der Waals surface area contributed by atoms with Gasteiger partial charge < -0.3 is 5.32 Å². The molecule has 1 aliphatic rings. The quantitative estimate of drug-likeness (QED) is 0.904. The lowest BCUT2D eigenvalue weighted by Crippen LogP contribution is -2.08. The van der Waals surface area contributed by atoms with Crippen molar-refractivity contribution in [3.05, 3.63) is 45.7 Å². The highest BCUT2D eigenvalue weighted by molar-refractivity contribution is 6.30. The predicted molar refractivity (Wildman–Crippen MR) is 78.8 cm³/mol. The molecule has 100 valence electrons. The van der Waals surface area contributed by atoms with Crippen LogP contribution in [0.3, 0.4) is 0 Å². The molecular formula is C15H18ClN3. The zero-order valence-corrected chi connectivity index (χ0v) is 12.3. The van der Waals surface area contributed by atoms with Gasteiger partial charge in [-0.1, -0.05) is 17.7 Å². The number of rotatable bonds is 2. The molecule has 1 aromatic heterocycles. The van der Waals surface area contributed by atoms with Crippen LogP contribution in [-0.2, 0) is 13.5 Å². The number of aromatic nitrogens is 2. The minimum Gasteiger partial charge on any atom is -0.375 e. The molecule has 1 N–H and O–H groups in total. The number of aryl methyl sites for hydroxylation is 3. The molecule has 1 unspecified atom stereocenters. The van der Waals surface area contributed by atoms with E-state index in [2.05, 4.69) is 29.5 Å². The largest absolute Gasteiger partial charge is 0.375 e. The van der Waals surface area contributed by atoms with Crippen LogP contribution in [0.1, 0.15) is 35.0 Å². The van der Waals surface area contributed by atoms with E-state index in [1.54, 1.807) is 0 Å². The van der Waals surface area contributed by atoms with Crippen LogP contribution in [0.15, 0.2) is 18.2 Å². The molecule has 3 rings (SSSR count). The van der Waals surface area contributed by atoms with Crippen molar-refractivity contribution in [2.45, 2.75) is 32.7 Å². The second-order valence-corrected chi connectivity index (χ2v) is 5.68. The summed E-state index contributed by atoms with van der Waals surface area (Å²) in [6.07, 6.45) is 2.20. The van der Waals surface area contributed by atoms with Crippen molar-refractivity contribution in [3.63, 3.8) is 0 Å². The number of nitrogens with one attached hydrogen (secondary N) is 1. The third-order valence-corrected chi connectivity index (χ3v) is 4.25. The molecule has 0 fully saturated rings. The van der Waals surface area contributed by atoms with Gasteiger partial charge in [0.15, 0.2) is 0 Å². The maximum atomic E-state index is 6.05. The molecule has 1 aliphatic carbocycles. The average Bonchev–Trinajstić information content (AvgIpc) is 2.86. The summed E-state index contributed by atoms with van der Waals surface area (Å²) in [6.45, 7) is 4.15. The summed E-state index contributed by atoms with van der Waals surface area (Å²) in [6, 6.07) is 6.57. The number of hydrogen-bond donors (Lipinski definition) is 1. The predicted octanol–water partition coefficient (Wildman–Crippen LogP) is 3.79. The van der Waals surface area contributed by atoms with E-state index in [9.17, 15) is 0 Å². The van der Waals surface area contributed by atoms with Crippen molar-refractivity contribution in [1.82, 2.24) is 9.78 Å². The van der Waals surface area contributed by atoms with Gasteiger partial charge in [0.1, 0.15) is 0 Å². The molecule has 0 spiro atoms. The molecule has 1 heterocycles. The summed E-state index contributed by atoms with van der Waals surface area (Å²) in [4.78, 5) is 0. The van der Waals surface area contributed by atoms with Crippen molar-refractivity contribution in [2.24, 2.45) is 7.05 Å². The molecule has 2 aromatic rings. The fraction of sp³-hybridized carbons (Fsp3) is 0.400. The van der Waals surface area contributed by atoms with Crippen LogP contribution in [0, 0.1) is 13.8 Å². The van der Waals surface area contributed by atoms with E-state index < -0.39 is 0 Å². The van der Waals surface area contributed by atoms with Crippen LogP contribution < -0.4 is 5.32 Å². The Morgan fingerprint density at radius 3 is 2.84 bits per heavy atom. The van der Waals surface area contributed by atoms with E-state index in [1.807, 2.05) is 24.7 Å². The minimum absolute atomic E-state index is 0.369. The minimum atomic E-state index is 0.369. The summed E-state index contributed by atoms with van der Waals surface area (Å²) < 4.78 is 1.93. The molecule has 1 aromatic carbocycles. The molecule has 1 atom stereocenters. The van der Waals surface area contributed by atoms with Crippen molar-refractivity contribution in [2.75, 3.05) is 5.32 Å². The van der Waals surface area contributed by atoms with Crippen molar-refractivity contribution < 1.29 is 0 Å². The Labute approximate surface area is 118 Å². The zero-order chi connectivity index (χ0) is 13.6. The maximum absolute atomic E-state index is 6.05. The molecule has 4 heteroatoms. The Bertz CT molecular complexity index is 631. The summed E-state index contributed by atoms with van der Waals surface area (Å²) in [5, 5.41) is 8.93. The second-order valence-electron chi connectivity index (χ2n) is 5.25. The molecule has 0 saturated heterocycles. The molecule has 0 saturated carbocycles. The first-order chi connectivity index (χ1) is 9.06. The number of halogens is 1. The summed E-state index contributed by atoms with van der Waals surface area (Å²) in [5.74, 6) is 0. The van der Waals surface area contributed by atoms with Gasteiger partial charge in [-0.05, 0) is 49.9 Å². The third kappa shape index (κ3) is 2.12. The highest BCUT2D eigenvalue weighted by Crippen LogP contribution is 2.36. The molecule has 0 aliphatic heterocycles. The molecule has 3 nitrogen and oxygen atoms in total. The lowest BCUT2D eigenvalue weighted by Gasteiger charge is -2.16. The Hall–Kier alpha value is -1.48. The second kappa shape index (κ2) is 4.57. The first-order valence-electron chi connectivity index (χ1n) is 6.61. The maximum Gasteiger partial charge on any atom is 0.0828 e. The van der Waals surface area contributed by atoms with Crippen molar-refractivity contribution in [1.29, 1.82) is 0 Å². The first kappa shape index (κ1) is 12.5. The Kier molecular flexibility index (Phi) is 3.02. The number of nitrogens with zero attached hydrogens (tertiary/aromatic N) is 2. The normalized spacial score (nSPS) is 17.6. The molecule has 0 amide bonds. The van der Waals surface area contributed by atoms with E-state index in [4.69, 9.17) is 11.6 Å². The van der Waals surface area contributed by atoms with E-state index in [1.165, 1.54) is 16.8 Å². The Morgan fingerprint density at radius 2 is 2.16 bits per heavy atom. The van der Waals surface area contributed by atoms with Crippen LogP contribution in [-0.4, -0.2) is 9.78 Å². The molecular weight excluding hydrogens is 258 g/mol. The fourth-order valence-corrected chi connectivity index (χ4v) is 3.09.